The number of hydrogen-bond donors (Lipinski definition) is 0. The normalized spacial score (nSPS) is 12.3. The van der Waals surface area contributed by atoms with E-state index in [-0.39, 0.29) is 5.38 Å². The van der Waals surface area contributed by atoms with Gasteiger partial charge in [0.05, 0.1) is 12.5 Å². The maximum absolute atomic E-state index is 6.68. The summed E-state index contributed by atoms with van der Waals surface area (Å²) in [7, 11) is 1.68. The molecule has 1 unspecified atom stereocenters. The van der Waals surface area contributed by atoms with E-state index in [1.54, 1.807) is 7.11 Å². The van der Waals surface area contributed by atoms with Crippen molar-refractivity contribution in [3.63, 3.8) is 0 Å². The van der Waals surface area contributed by atoms with Crippen LogP contribution in [0.3, 0.4) is 0 Å². The van der Waals surface area contributed by atoms with Crippen molar-refractivity contribution >= 4 is 34.0 Å². The lowest BCUT2D eigenvalue weighted by atomic mass is 9.97. The summed E-state index contributed by atoms with van der Waals surface area (Å²) in [6.45, 7) is 0. The molecule has 3 heteroatoms. The van der Waals surface area contributed by atoms with Crippen molar-refractivity contribution in [2.24, 2.45) is 0 Å². The summed E-state index contributed by atoms with van der Waals surface area (Å²) in [6.07, 6.45) is 0. The highest BCUT2D eigenvalue weighted by atomic mass is 35.5. The standard InChI is InChI=1S/C18H14Cl2O/c1-21-17-10-9-16(14-7-2-3-8-15(14)17)18(20)12-5-4-6-13(19)11-12/h2-11,18H,1H3. The molecular weight excluding hydrogens is 303 g/mol. The van der Waals surface area contributed by atoms with Crippen molar-refractivity contribution in [3.8, 4) is 5.75 Å². The van der Waals surface area contributed by atoms with Gasteiger partial charge in [0, 0.05) is 10.4 Å². The second kappa shape index (κ2) is 5.97. The number of alkyl halides is 1. The van der Waals surface area contributed by atoms with Gasteiger partial charge in [-0.1, -0.05) is 54.1 Å². The molecule has 0 N–H and O–H groups in total. The van der Waals surface area contributed by atoms with Crippen LogP contribution in [0.4, 0.5) is 0 Å². The summed E-state index contributed by atoms with van der Waals surface area (Å²) >= 11 is 12.7. The van der Waals surface area contributed by atoms with Crippen molar-refractivity contribution in [1.29, 1.82) is 0 Å². The molecule has 0 aliphatic rings. The molecule has 0 radical (unpaired) electrons. The Bertz CT molecular complexity index is 783. The second-order valence-corrected chi connectivity index (χ2v) is 5.69. The van der Waals surface area contributed by atoms with Gasteiger partial charge in [-0.15, -0.1) is 11.6 Å². The Morgan fingerprint density at radius 1 is 0.905 bits per heavy atom. The minimum absolute atomic E-state index is 0.250. The third-order valence-corrected chi connectivity index (χ3v) is 4.27. The SMILES string of the molecule is COc1ccc(C(Cl)c2cccc(Cl)c2)c2ccccc12. The fourth-order valence-electron chi connectivity index (χ4n) is 2.54. The lowest BCUT2D eigenvalue weighted by molar-refractivity contribution is 0.419. The zero-order valence-electron chi connectivity index (χ0n) is 11.5. The molecule has 3 rings (SSSR count). The third-order valence-electron chi connectivity index (χ3n) is 3.55. The minimum atomic E-state index is -0.250. The average Bonchev–Trinajstić information content (AvgIpc) is 2.53. The monoisotopic (exact) mass is 316 g/mol. The van der Waals surface area contributed by atoms with Crippen LogP contribution in [0, 0.1) is 0 Å². The Hall–Kier alpha value is -1.70. The minimum Gasteiger partial charge on any atom is -0.496 e. The number of benzene rings is 3. The van der Waals surface area contributed by atoms with E-state index in [1.807, 2.05) is 54.6 Å². The van der Waals surface area contributed by atoms with Gasteiger partial charge in [-0.05, 0) is 34.7 Å². The van der Waals surface area contributed by atoms with Gasteiger partial charge in [0.25, 0.3) is 0 Å². The van der Waals surface area contributed by atoms with Crippen molar-refractivity contribution in [2.75, 3.05) is 7.11 Å². The molecule has 0 saturated heterocycles. The van der Waals surface area contributed by atoms with E-state index in [1.165, 1.54) is 0 Å². The Labute approximate surface area is 134 Å². The van der Waals surface area contributed by atoms with Gasteiger partial charge >= 0.3 is 0 Å². The third kappa shape index (κ3) is 2.72. The van der Waals surface area contributed by atoms with Crippen LogP contribution >= 0.6 is 23.2 Å². The fourth-order valence-corrected chi connectivity index (χ4v) is 3.06. The van der Waals surface area contributed by atoms with Gasteiger partial charge < -0.3 is 4.74 Å². The Morgan fingerprint density at radius 2 is 1.67 bits per heavy atom. The van der Waals surface area contributed by atoms with E-state index < -0.39 is 0 Å². The van der Waals surface area contributed by atoms with Gasteiger partial charge in [-0.3, -0.25) is 0 Å². The molecule has 0 heterocycles. The maximum Gasteiger partial charge on any atom is 0.126 e. The largest absolute Gasteiger partial charge is 0.496 e. The van der Waals surface area contributed by atoms with Crippen molar-refractivity contribution < 1.29 is 4.74 Å². The Kier molecular flexibility index (Phi) is 4.05. The van der Waals surface area contributed by atoms with E-state index >= 15 is 0 Å². The number of halogens is 2. The van der Waals surface area contributed by atoms with E-state index in [2.05, 4.69) is 6.07 Å². The van der Waals surface area contributed by atoms with Gasteiger partial charge in [-0.2, -0.15) is 0 Å². The maximum atomic E-state index is 6.68. The first-order valence-corrected chi connectivity index (χ1v) is 7.47. The molecule has 106 valence electrons. The molecule has 0 aromatic heterocycles. The van der Waals surface area contributed by atoms with Crippen LogP contribution in [0.25, 0.3) is 10.8 Å². The summed E-state index contributed by atoms with van der Waals surface area (Å²) < 4.78 is 5.42. The molecule has 0 saturated carbocycles. The van der Waals surface area contributed by atoms with Crippen LogP contribution in [0.2, 0.25) is 5.02 Å². The van der Waals surface area contributed by atoms with Crippen molar-refractivity contribution in [1.82, 2.24) is 0 Å². The Balaban J connectivity index is 2.17. The molecule has 0 bridgehead atoms. The summed E-state index contributed by atoms with van der Waals surface area (Å²) in [6, 6.07) is 19.7. The smallest absolute Gasteiger partial charge is 0.126 e. The predicted octanol–water partition coefficient (Wildman–Crippen LogP) is 5.83. The quantitative estimate of drug-likeness (QED) is 0.552. The molecular formula is C18H14Cl2O. The first-order valence-electron chi connectivity index (χ1n) is 6.66. The van der Waals surface area contributed by atoms with Crippen LogP contribution in [-0.2, 0) is 0 Å². The molecule has 0 aliphatic carbocycles. The molecule has 1 atom stereocenters. The topological polar surface area (TPSA) is 9.23 Å². The molecule has 0 fully saturated rings. The van der Waals surface area contributed by atoms with E-state index in [4.69, 9.17) is 27.9 Å². The van der Waals surface area contributed by atoms with Crippen LogP contribution in [0.15, 0.2) is 60.7 Å². The lowest BCUT2D eigenvalue weighted by Crippen LogP contribution is -1.96. The van der Waals surface area contributed by atoms with Crippen molar-refractivity contribution in [2.45, 2.75) is 5.38 Å². The second-order valence-electron chi connectivity index (χ2n) is 4.82. The molecule has 3 aromatic rings. The summed E-state index contributed by atoms with van der Waals surface area (Å²) in [5.74, 6) is 0.851. The predicted molar refractivity (Wildman–Crippen MR) is 89.6 cm³/mol. The fraction of sp³-hybridized carbons (Fsp3) is 0.111. The molecule has 0 aliphatic heterocycles. The average molecular weight is 317 g/mol. The highest BCUT2D eigenvalue weighted by molar-refractivity contribution is 6.31. The first-order chi connectivity index (χ1) is 10.2. The number of fused-ring (bicyclic) bond motifs is 1. The van der Waals surface area contributed by atoms with E-state index in [0.29, 0.717) is 5.02 Å². The molecule has 0 amide bonds. The van der Waals surface area contributed by atoms with Crippen LogP contribution in [0.5, 0.6) is 5.75 Å². The summed E-state index contributed by atoms with van der Waals surface area (Å²) in [4.78, 5) is 0. The van der Waals surface area contributed by atoms with Gasteiger partial charge in [-0.25, -0.2) is 0 Å². The molecule has 0 spiro atoms. The highest BCUT2D eigenvalue weighted by Gasteiger charge is 2.15. The number of hydrogen-bond acceptors (Lipinski definition) is 1. The molecule has 1 nitrogen and oxygen atoms in total. The van der Waals surface area contributed by atoms with Crippen LogP contribution in [-0.4, -0.2) is 7.11 Å². The van der Waals surface area contributed by atoms with Gasteiger partial charge in [0.1, 0.15) is 5.75 Å². The molecule has 3 aromatic carbocycles. The van der Waals surface area contributed by atoms with Crippen LogP contribution < -0.4 is 4.74 Å². The molecule has 21 heavy (non-hydrogen) atoms. The highest BCUT2D eigenvalue weighted by Crippen LogP contribution is 2.37. The van der Waals surface area contributed by atoms with Gasteiger partial charge in [0.15, 0.2) is 0 Å². The number of rotatable bonds is 3. The van der Waals surface area contributed by atoms with Crippen LogP contribution in [0.1, 0.15) is 16.5 Å². The van der Waals surface area contributed by atoms with E-state index in [9.17, 15) is 0 Å². The Morgan fingerprint density at radius 3 is 2.38 bits per heavy atom. The number of ether oxygens (including phenoxy) is 1. The summed E-state index contributed by atoms with van der Waals surface area (Å²) in [5.41, 5.74) is 2.04. The zero-order valence-corrected chi connectivity index (χ0v) is 13.0. The van der Waals surface area contributed by atoms with Gasteiger partial charge in [0.2, 0.25) is 0 Å². The number of methoxy groups -OCH3 is 1. The lowest BCUT2D eigenvalue weighted by Gasteiger charge is -2.15. The van der Waals surface area contributed by atoms with Crippen molar-refractivity contribution in [3.05, 3.63) is 76.8 Å². The summed E-state index contributed by atoms with van der Waals surface area (Å²) in [5, 5.41) is 2.59. The van der Waals surface area contributed by atoms with E-state index in [0.717, 1.165) is 27.6 Å². The zero-order chi connectivity index (χ0) is 14.8. The first kappa shape index (κ1) is 14.2.